The van der Waals surface area contributed by atoms with E-state index in [-0.39, 0.29) is 29.8 Å². The molecule has 156 valence electrons. The molecule has 6 nitrogen and oxygen atoms in total. The van der Waals surface area contributed by atoms with Gasteiger partial charge in [0.15, 0.2) is 0 Å². The third-order valence-electron chi connectivity index (χ3n) is 5.45. The van der Waals surface area contributed by atoms with Gasteiger partial charge in [-0.1, -0.05) is 30.3 Å². The van der Waals surface area contributed by atoms with Crippen LogP contribution < -0.4 is 10.6 Å². The molecule has 1 aromatic rings. The Hall–Kier alpha value is -1.92. The van der Waals surface area contributed by atoms with Crippen molar-refractivity contribution in [3.8, 4) is 0 Å². The highest BCUT2D eigenvalue weighted by Gasteiger charge is 2.30. The molecule has 0 bridgehead atoms. The summed E-state index contributed by atoms with van der Waals surface area (Å²) in [6.07, 6.45) is 2.43. The number of nitrogens with one attached hydrogen (secondary N) is 2. The van der Waals surface area contributed by atoms with Crippen LogP contribution in [0.2, 0.25) is 0 Å². The first-order chi connectivity index (χ1) is 13.5. The van der Waals surface area contributed by atoms with Gasteiger partial charge in [0.1, 0.15) is 0 Å². The first-order valence-corrected chi connectivity index (χ1v) is 10.5. The molecule has 0 saturated carbocycles. The standard InChI is InChI=1S/C22H35N3O3/c1-4-28-16-8-13-23-22(27)20-11-14-25(15-12-20)18(3)21(26)24-17(2)19-9-6-5-7-10-19/h5-7,9-10,17-18,20H,4,8,11-16H2,1-3H3,(H,23,27)(H,24,26). The summed E-state index contributed by atoms with van der Waals surface area (Å²) in [7, 11) is 0. The molecular weight excluding hydrogens is 354 g/mol. The summed E-state index contributed by atoms with van der Waals surface area (Å²) in [4.78, 5) is 27.1. The number of rotatable bonds is 10. The fourth-order valence-electron chi connectivity index (χ4n) is 3.55. The zero-order valence-electron chi connectivity index (χ0n) is 17.4. The van der Waals surface area contributed by atoms with Gasteiger partial charge in [0, 0.05) is 25.7 Å². The number of hydrogen-bond donors (Lipinski definition) is 2. The van der Waals surface area contributed by atoms with Crippen LogP contribution in [0.1, 0.15) is 51.6 Å². The Balaban J connectivity index is 1.71. The van der Waals surface area contributed by atoms with Crippen LogP contribution >= 0.6 is 0 Å². The first-order valence-electron chi connectivity index (χ1n) is 10.5. The molecule has 1 aliphatic heterocycles. The number of carbonyl (C=O) groups excluding carboxylic acids is 2. The van der Waals surface area contributed by atoms with Gasteiger partial charge < -0.3 is 15.4 Å². The summed E-state index contributed by atoms with van der Waals surface area (Å²) in [6.45, 7) is 9.51. The van der Waals surface area contributed by atoms with Gasteiger partial charge in [-0.05, 0) is 58.7 Å². The average Bonchev–Trinajstić information content (AvgIpc) is 2.73. The fraction of sp³-hybridized carbons (Fsp3) is 0.636. The Morgan fingerprint density at radius 2 is 1.86 bits per heavy atom. The average molecular weight is 390 g/mol. The highest BCUT2D eigenvalue weighted by molar-refractivity contribution is 5.82. The molecule has 0 aliphatic carbocycles. The molecule has 28 heavy (non-hydrogen) atoms. The molecule has 0 aromatic heterocycles. The monoisotopic (exact) mass is 389 g/mol. The molecule has 1 heterocycles. The van der Waals surface area contributed by atoms with E-state index in [4.69, 9.17) is 4.74 Å². The Morgan fingerprint density at radius 3 is 2.50 bits per heavy atom. The minimum Gasteiger partial charge on any atom is -0.382 e. The van der Waals surface area contributed by atoms with Gasteiger partial charge in [0.2, 0.25) is 11.8 Å². The van der Waals surface area contributed by atoms with E-state index in [1.54, 1.807) is 0 Å². The maximum absolute atomic E-state index is 12.6. The van der Waals surface area contributed by atoms with Crippen molar-refractivity contribution in [3.05, 3.63) is 35.9 Å². The topological polar surface area (TPSA) is 70.7 Å². The number of likely N-dealkylation sites (tertiary alicyclic amines) is 1. The molecule has 0 spiro atoms. The van der Waals surface area contributed by atoms with E-state index in [0.29, 0.717) is 19.8 Å². The van der Waals surface area contributed by atoms with Gasteiger partial charge in [-0.15, -0.1) is 0 Å². The maximum atomic E-state index is 12.6. The summed E-state index contributed by atoms with van der Waals surface area (Å²) < 4.78 is 5.28. The number of ether oxygens (including phenoxy) is 1. The second-order valence-corrected chi connectivity index (χ2v) is 7.47. The van der Waals surface area contributed by atoms with Crippen LogP contribution in [-0.4, -0.2) is 55.6 Å². The summed E-state index contributed by atoms with van der Waals surface area (Å²) in [5, 5.41) is 6.11. The molecule has 2 atom stereocenters. The lowest BCUT2D eigenvalue weighted by Gasteiger charge is -2.35. The molecule has 2 unspecified atom stereocenters. The third-order valence-corrected chi connectivity index (χ3v) is 5.45. The molecule has 2 amide bonds. The van der Waals surface area contributed by atoms with Crippen molar-refractivity contribution in [2.75, 3.05) is 32.8 Å². The highest BCUT2D eigenvalue weighted by atomic mass is 16.5. The van der Waals surface area contributed by atoms with Crippen molar-refractivity contribution in [3.63, 3.8) is 0 Å². The molecule has 1 aliphatic rings. The number of nitrogens with zero attached hydrogens (tertiary/aromatic N) is 1. The van der Waals surface area contributed by atoms with Crippen molar-refractivity contribution in [2.45, 2.75) is 52.1 Å². The predicted octanol–water partition coefficient (Wildman–Crippen LogP) is 2.51. The zero-order chi connectivity index (χ0) is 20.4. The summed E-state index contributed by atoms with van der Waals surface area (Å²) in [5.41, 5.74) is 1.10. The van der Waals surface area contributed by atoms with Crippen LogP contribution in [0, 0.1) is 5.92 Å². The number of hydrogen-bond acceptors (Lipinski definition) is 4. The lowest BCUT2D eigenvalue weighted by atomic mass is 9.94. The molecule has 1 fully saturated rings. The Bertz CT molecular complexity index is 600. The molecule has 2 N–H and O–H groups in total. The van der Waals surface area contributed by atoms with Gasteiger partial charge in [-0.2, -0.15) is 0 Å². The summed E-state index contributed by atoms with van der Waals surface area (Å²) >= 11 is 0. The van der Waals surface area contributed by atoms with Crippen LogP contribution in [0.5, 0.6) is 0 Å². The molecular formula is C22H35N3O3. The maximum Gasteiger partial charge on any atom is 0.237 e. The predicted molar refractivity (Wildman–Crippen MR) is 111 cm³/mol. The number of amides is 2. The van der Waals surface area contributed by atoms with E-state index in [9.17, 15) is 9.59 Å². The van der Waals surface area contributed by atoms with Crippen LogP contribution in [-0.2, 0) is 14.3 Å². The molecule has 1 aromatic carbocycles. The van der Waals surface area contributed by atoms with Gasteiger partial charge in [0.25, 0.3) is 0 Å². The Kier molecular flexibility index (Phi) is 9.44. The first kappa shape index (κ1) is 22.4. The van der Waals surface area contributed by atoms with Crippen LogP contribution in [0.25, 0.3) is 0 Å². The smallest absolute Gasteiger partial charge is 0.237 e. The molecule has 1 saturated heterocycles. The number of piperidine rings is 1. The zero-order valence-corrected chi connectivity index (χ0v) is 17.4. The van der Waals surface area contributed by atoms with Crippen molar-refractivity contribution in [1.82, 2.24) is 15.5 Å². The van der Waals surface area contributed by atoms with Gasteiger partial charge in [-0.25, -0.2) is 0 Å². The quantitative estimate of drug-likeness (QED) is 0.603. The minimum atomic E-state index is -0.193. The van der Waals surface area contributed by atoms with E-state index < -0.39 is 0 Å². The van der Waals surface area contributed by atoms with Crippen molar-refractivity contribution in [1.29, 1.82) is 0 Å². The Morgan fingerprint density at radius 1 is 1.18 bits per heavy atom. The number of carbonyl (C=O) groups is 2. The lowest BCUT2D eigenvalue weighted by Crippen LogP contribution is -2.50. The van der Waals surface area contributed by atoms with Crippen LogP contribution in [0.3, 0.4) is 0 Å². The molecule has 6 heteroatoms. The lowest BCUT2D eigenvalue weighted by molar-refractivity contribution is -0.129. The van der Waals surface area contributed by atoms with E-state index in [0.717, 1.165) is 37.9 Å². The third kappa shape index (κ3) is 6.91. The van der Waals surface area contributed by atoms with E-state index >= 15 is 0 Å². The number of benzene rings is 1. The minimum absolute atomic E-state index is 0.0174. The van der Waals surface area contributed by atoms with Crippen molar-refractivity contribution in [2.24, 2.45) is 5.92 Å². The SMILES string of the molecule is CCOCCCNC(=O)C1CCN(C(C)C(=O)NC(C)c2ccccc2)CC1. The van der Waals surface area contributed by atoms with Crippen molar-refractivity contribution >= 4 is 11.8 Å². The van der Waals surface area contributed by atoms with Crippen LogP contribution in [0.15, 0.2) is 30.3 Å². The molecule has 2 rings (SSSR count). The van der Waals surface area contributed by atoms with E-state index in [1.807, 2.05) is 51.1 Å². The fourth-order valence-corrected chi connectivity index (χ4v) is 3.55. The summed E-state index contributed by atoms with van der Waals surface area (Å²) in [6, 6.07) is 9.77. The molecule has 0 radical (unpaired) electrons. The van der Waals surface area contributed by atoms with Crippen LogP contribution in [0.4, 0.5) is 0 Å². The van der Waals surface area contributed by atoms with Crippen molar-refractivity contribution < 1.29 is 14.3 Å². The van der Waals surface area contributed by atoms with Gasteiger partial charge in [-0.3, -0.25) is 14.5 Å². The second-order valence-electron chi connectivity index (χ2n) is 7.47. The second kappa shape index (κ2) is 11.8. The largest absolute Gasteiger partial charge is 0.382 e. The highest BCUT2D eigenvalue weighted by Crippen LogP contribution is 2.20. The van der Waals surface area contributed by atoms with Gasteiger partial charge in [0.05, 0.1) is 12.1 Å². The normalized spacial score (nSPS) is 17.7. The van der Waals surface area contributed by atoms with Gasteiger partial charge >= 0.3 is 0 Å². The Labute approximate surface area is 169 Å². The van der Waals surface area contributed by atoms with E-state index in [2.05, 4.69) is 15.5 Å². The summed E-state index contributed by atoms with van der Waals surface area (Å²) in [5.74, 6) is 0.211. The van der Waals surface area contributed by atoms with E-state index in [1.165, 1.54) is 0 Å².